The Kier molecular flexibility index (Phi) is 6.43. The number of nitrogens with zero attached hydrogens (tertiary/aromatic N) is 4. The molecule has 1 aliphatic heterocycles. The largest absolute Gasteiger partial charge is 0.497 e. The normalized spacial score (nSPS) is 16.3. The van der Waals surface area contributed by atoms with E-state index in [0.717, 1.165) is 29.1 Å². The summed E-state index contributed by atoms with van der Waals surface area (Å²) in [6.07, 6.45) is 0.728. The molecule has 0 radical (unpaired) electrons. The molecule has 162 valence electrons. The molecule has 3 heterocycles. The van der Waals surface area contributed by atoms with Crippen LogP contribution in [0.3, 0.4) is 0 Å². The molecule has 2 aromatic heterocycles. The summed E-state index contributed by atoms with van der Waals surface area (Å²) in [7, 11) is 1.66. The fourth-order valence-corrected chi connectivity index (χ4v) is 4.25. The number of carbonyl (C=O) groups excluding carboxylic acids is 1. The maximum absolute atomic E-state index is 12.7. The summed E-state index contributed by atoms with van der Waals surface area (Å²) < 4.78 is 11.2. The van der Waals surface area contributed by atoms with Crippen LogP contribution >= 0.6 is 11.3 Å². The van der Waals surface area contributed by atoms with Crippen molar-refractivity contribution < 1.29 is 14.3 Å². The molecule has 0 bridgehead atoms. The minimum atomic E-state index is -0.258. The number of pyridine rings is 1. The number of benzene rings is 1. The first-order chi connectivity index (χ1) is 15.0. The second-order valence-electron chi connectivity index (χ2n) is 7.48. The van der Waals surface area contributed by atoms with Gasteiger partial charge in [0.25, 0.3) is 0 Å². The molecule has 8 nitrogen and oxygen atoms in total. The van der Waals surface area contributed by atoms with Crippen molar-refractivity contribution >= 4 is 22.4 Å². The van der Waals surface area contributed by atoms with Crippen molar-refractivity contribution in [1.82, 2.24) is 20.1 Å². The lowest BCUT2D eigenvalue weighted by molar-refractivity contribution is -0.138. The van der Waals surface area contributed by atoms with Crippen LogP contribution in [0.25, 0.3) is 0 Å². The van der Waals surface area contributed by atoms with Crippen LogP contribution in [0, 0.1) is 6.92 Å². The van der Waals surface area contributed by atoms with Gasteiger partial charge in [-0.2, -0.15) is 0 Å². The Morgan fingerprint density at radius 2 is 2.06 bits per heavy atom. The molecule has 1 saturated heterocycles. The first-order valence-corrected chi connectivity index (χ1v) is 10.9. The molecule has 2 N–H and O–H groups in total. The lowest BCUT2D eigenvalue weighted by atomic mass is 10.0. The molecule has 1 aromatic carbocycles. The molecule has 9 heteroatoms. The van der Waals surface area contributed by atoms with Crippen molar-refractivity contribution in [2.75, 3.05) is 32.5 Å². The summed E-state index contributed by atoms with van der Waals surface area (Å²) in [4.78, 5) is 19.2. The molecule has 0 saturated carbocycles. The van der Waals surface area contributed by atoms with Crippen LogP contribution in [0.1, 0.15) is 33.6 Å². The number of methoxy groups -OCH3 is 1. The van der Waals surface area contributed by atoms with Gasteiger partial charge in [0, 0.05) is 12.2 Å². The Morgan fingerprint density at radius 3 is 2.77 bits per heavy atom. The molecule has 1 atom stereocenters. The number of aryl methyl sites for hydroxylation is 1. The minimum Gasteiger partial charge on any atom is -0.497 e. The van der Waals surface area contributed by atoms with Gasteiger partial charge in [-0.05, 0) is 48.7 Å². The second-order valence-corrected chi connectivity index (χ2v) is 8.57. The van der Waals surface area contributed by atoms with Gasteiger partial charge >= 0.3 is 0 Å². The van der Waals surface area contributed by atoms with Crippen molar-refractivity contribution in [3.8, 4) is 5.75 Å². The van der Waals surface area contributed by atoms with Crippen molar-refractivity contribution in [2.45, 2.75) is 25.9 Å². The highest BCUT2D eigenvalue weighted by Crippen LogP contribution is 2.24. The lowest BCUT2D eigenvalue weighted by Crippen LogP contribution is -2.43. The first-order valence-electron chi connectivity index (χ1n) is 10.1. The molecule has 1 amide bonds. The van der Waals surface area contributed by atoms with E-state index in [9.17, 15) is 4.79 Å². The van der Waals surface area contributed by atoms with Gasteiger partial charge in [0.2, 0.25) is 11.0 Å². The number of anilines is 1. The van der Waals surface area contributed by atoms with Gasteiger partial charge in [-0.25, -0.2) is 0 Å². The minimum absolute atomic E-state index is 0.00411. The van der Waals surface area contributed by atoms with E-state index in [4.69, 9.17) is 15.2 Å². The van der Waals surface area contributed by atoms with Gasteiger partial charge in [0.1, 0.15) is 16.9 Å². The standard InChI is InChI=1S/C22H25N5O3S/c1-14-9-16(10-15-3-5-17(29-2)6-4-15)11-18(24-14)19-13-27(7-8-30-19)21(28)12-20-25-26-22(23)31-20/h3-6,9,11,19H,7-8,10,12-13H2,1-2H3,(H2,23,26)/t19-/m1/s1. The van der Waals surface area contributed by atoms with Crippen molar-refractivity contribution in [1.29, 1.82) is 0 Å². The van der Waals surface area contributed by atoms with E-state index in [1.165, 1.54) is 16.9 Å². The topological polar surface area (TPSA) is 103 Å². The summed E-state index contributed by atoms with van der Waals surface area (Å²) in [5.74, 6) is 0.836. The van der Waals surface area contributed by atoms with E-state index in [-0.39, 0.29) is 18.4 Å². The number of carbonyl (C=O) groups is 1. The zero-order valence-corrected chi connectivity index (χ0v) is 18.4. The summed E-state index contributed by atoms with van der Waals surface area (Å²) in [5, 5.41) is 8.72. The maximum Gasteiger partial charge on any atom is 0.229 e. The van der Waals surface area contributed by atoms with E-state index in [1.807, 2.05) is 19.1 Å². The molecule has 3 aromatic rings. The molecular formula is C22H25N5O3S. The van der Waals surface area contributed by atoms with Crippen molar-refractivity contribution in [3.63, 3.8) is 0 Å². The third-order valence-corrected chi connectivity index (χ3v) is 5.89. The summed E-state index contributed by atoms with van der Waals surface area (Å²) in [6.45, 7) is 3.46. The number of morpholine rings is 1. The number of ether oxygens (including phenoxy) is 2. The zero-order valence-electron chi connectivity index (χ0n) is 17.6. The van der Waals surface area contributed by atoms with Crippen molar-refractivity contribution in [2.24, 2.45) is 0 Å². The number of amides is 1. The number of aromatic nitrogens is 3. The number of rotatable bonds is 6. The van der Waals surface area contributed by atoms with Gasteiger partial charge < -0.3 is 20.1 Å². The molecule has 1 fully saturated rings. The first kappa shape index (κ1) is 21.2. The van der Waals surface area contributed by atoms with Gasteiger partial charge in [-0.15, -0.1) is 10.2 Å². The Bertz CT molecular complexity index is 1050. The van der Waals surface area contributed by atoms with Gasteiger partial charge in [0.15, 0.2) is 0 Å². The van der Waals surface area contributed by atoms with Crippen LogP contribution in [-0.4, -0.2) is 52.8 Å². The van der Waals surface area contributed by atoms with E-state index >= 15 is 0 Å². The van der Waals surface area contributed by atoms with Gasteiger partial charge in [0.05, 0.1) is 32.4 Å². The molecular weight excluding hydrogens is 414 g/mol. The van der Waals surface area contributed by atoms with E-state index in [2.05, 4.69) is 39.4 Å². The van der Waals surface area contributed by atoms with Crippen LogP contribution in [-0.2, 0) is 22.4 Å². The number of nitrogen functional groups attached to an aromatic ring is 1. The highest BCUT2D eigenvalue weighted by Gasteiger charge is 2.27. The van der Waals surface area contributed by atoms with E-state index < -0.39 is 0 Å². The average Bonchev–Trinajstić information content (AvgIpc) is 3.18. The predicted molar refractivity (Wildman–Crippen MR) is 118 cm³/mol. The SMILES string of the molecule is COc1ccc(Cc2cc(C)nc([C@H]3CN(C(=O)Cc4nnc(N)s4)CCO3)c2)cc1. The maximum atomic E-state index is 12.7. The average molecular weight is 440 g/mol. The Morgan fingerprint density at radius 1 is 1.26 bits per heavy atom. The van der Waals surface area contributed by atoms with Crippen molar-refractivity contribution in [3.05, 3.63) is 63.9 Å². The molecule has 4 rings (SSSR count). The van der Waals surface area contributed by atoms with E-state index in [1.54, 1.807) is 12.0 Å². The Balaban J connectivity index is 1.45. The summed E-state index contributed by atoms with van der Waals surface area (Å²) in [6, 6.07) is 12.2. The second kappa shape index (κ2) is 9.40. The van der Waals surface area contributed by atoms with Crippen LogP contribution in [0.5, 0.6) is 5.75 Å². The molecule has 31 heavy (non-hydrogen) atoms. The van der Waals surface area contributed by atoms with Gasteiger partial charge in [-0.3, -0.25) is 9.78 Å². The summed E-state index contributed by atoms with van der Waals surface area (Å²) >= 11 is 1.24. The fourth-order valence-electron chi connectivity index (χ4n) is 3.65. The Labute approximate surface area is 185 Å². The smallest absolute Gasteiger partial charge is 0.229 e. The molecule has 1 aliphatic rings. The van der Waals surface area contributed by atoms with Crippen LogP contribution in [0.4, 0.5) is 5.13 Å². The highest BCUT2D eigenvalue weighted by atomic mass is 32.1. The summed E-state index contributed by atoms with van der Waals surface area (Å²) in [5.41, 5.74) is 9.74. The monoisotopic (exact) mass is 439 g/mol. The van der Waals surface area contributed by atoms with Crippen LogP contribution in [0.15, 0.2) is 36.4 Å². The zero-order chi connectivity index (χ0) is 21.8. The number of hydrogen-bond donors (Lipinski definition) is 1. The number of nitrogens with two attached hydrogens (primary N) is 1. The quantitative estimate of drug-likeness (QED) is 0.629. The third kappa shape index (κ3) is 5.36. The highest BCUT2D eigenvalue weighted by molar-refractivity contribution is 7.15. The fraction of sp³-hybridized carbons (Fsp3) is 0.364. The molecule has 0 unspecified atom stereocenters. The molecule has 0 spiro atoms. The number of hydrogen-bond acceptors (Lipinski definition) is 8. The van der Waals surface area contributed by atoms with Gasteiger partial charge in [-0.1, -0.05) is 23.5 Å². The van der Waals surface area contributed by atoms with E-state index in [0.29, 0.717) is 29.8 Å². The van der Waals surface area contributed by atoms with Crippen LogP contribution < -0.4 is 10.5 Å². The lowest BCUT2D eigenvalue weighted by Gasteiger charge is -2.33. The Hall–Kier alpha value is -3.04. The molecule has 0 aliphatic carbocycles. The van der Waals surface area contributed by atoms with Crippen LogP contribution in [0.2, 0.25) is 0 Å². The predicted octanol–water partition coefficient (Wildman–Crippen LogP) is 2.57. The third-order valence-electron chi connectivity index (χ3n) is 5.13.